The van der Waals surface area contributed by atoms with Crippen molar-refractivity contribution in [3.8, 4) is 0 Å². The van der Waals surface area contributed by atoms with Crippen LogP contribution < -0.4 is 16.1 Å². The summed E-state index contributed by atoms with van der Waals surface area (Å²) in [7, 11) is 0. The lowest BCUT2D eigenvalue weighted by atomic mass is 9.79. The Morgan fingerprint density at radius 2 is 1.71 bits per heavy atom. The first kappa shape index (κ1) is 24.1. The molecule has 4 rings (SSSR count). The molecule has 2 heterocycles. The molecule has 8 heteroatoms. The number of hydrazone groups is 1. The Labute approximate surface area is 199 Å². The molecule has 2 aromatic rings. The minimum atomic E-state index is -0.421. The van der Waals surface area contributed by atoms with E-state index in [9.17, 15) is 14.0 Å². The number of carbonyl (C=O) groups is 2. The lowest BCUT2D eigenvalue weighted by molar-refractivity contribution is 0.0842. The zero-order valence-electron chi connectivity index (χ0n) is 20.5. The number of halogens is 1. The Morgan fingerprint density at radius 1 is 1.06 bits per heavy atom. The molecule has 1 aromatic heterocycles. The first-order chi connectivity index (χ1) is 15.9. The highest BCUT2D eigenvalue weighted by atomic mass is 19.1. The zero-order valence-corrected chi connectivity index (χ0v) is 20.5. The molecule has 7 nitrogen and oxygen atoms in total. The van der Waals surface area contributed by atoms with Gasteiger partial charge in [-0.05, 0) is 84.6 Å². The van der Waals surface area contributed by atoms with Gasteiger partial charge in [0.15, 0.2) is 5.76 Å². The van der Waals surface area contributed by atoms with Crippen LogP contribution in [0.15, 0.2) is 33.8 Å². The minimum Gasteiger partial charge on any atom is -0.455 e. The quantitative estimate of drug-likeness (QED) is 0.585. The number of piperidine rings is 1. The number of rotatable bonds is 4. The molecule has 0 bridgehead atoms. The predicted molar refractivity (Wildman–Crippen MR) is 129 cm³/mol. The average molecular weight is 469 g/mol. The van der Waals surface area contributed by atoms with E-state index in [0.29, 0.717) is 29.9 Å². The SMILES string of the molecule is Cc1c(C(=O)NC2CC(C)(C)NC(C)(C)C2)oc2c1/C(=N/NC(=O)c1ccc(F)cc1)CCC2. The fraction of sp³-hybridized carbons (Fsp3) is 0.500. The van der Waals surface area contributed by atoms with Gasteiger partial charge in [0, 0.05) is 40.2 Å². The monoisotopic (exact) mass is 468 g/mol. The predicted octanol–water partition coefficient (Wildman–Crippen LogP) is 4.24. The molecule has 1 fully saturated rings. The summed E-state index contributed by atoms with van der Waals surface area (Å²) in [5.41, 5.74) is 4.91. The van der Waals surface area contributed by atoms with E-state index in [0.717, 1.165) is 36.1 Å². The van der Waals surface area contributed by atoms with Crippen molar-refractivity contribution >= 4 is 17.5 Å². The van der Waals surface area contributed by atoms with Crippen LogP contribution in [0.2, 0.25) is 0 Å². The number of nitrogens with zero attached hydrogens (tertiary/aromatic N) is 1. The van der Waals surface area contributed by atoms with Crippen molar-refractivity contribution in [3.63, 3.8) is 0 Å². The van der Waals surface area contributed by atoms with Gasteiger partial charge in [-0.15, -0.1) is 0 Å². The molecule has 34 heavy (non-hydrogen) atoms. The van der Waals surface area contributed by atoms with Crippen LogP contribution in [0.4, 0.5) is 4.39 Å². The lowest BCUT2D eigenvalue weighted by Crippen LogP contribution is -2.62. The number of aryl methyl sites for hydroxylation is 1. The molecule has 3 N–H and O–H groups in total. The van der Waals surface area contributed by atoms with Crippen molar-refractivity contribution in [1.82, 2.24) is 16.1 Å². The Hall–Kier alpha value is -3.00. The van der Waals surface area contributed by atoms with Crippen molar-refractivity contribution in [1.29, 1.82) is 0 Å². The molecule has 0 radical (unpaired) electrons. The molecule has 0 spiro atoms. The van der Waals surface area contributed by atoms with E-state index >= 15 is 0 Å². The molecule has 2 amide bonds. The van der Waals surface area contributed by atoms with Gasteiger partial charge in [-0.1, -0.05) is 0 Å². The van der Waals surface area contributed by atoms with Gasteiger partial charge < -0.3 is 15.1 Å². The molecule has 0 saturated carbocycles. The van der Waals surface area contributed by atoms with Crippen molar-refractivity contribution in [2.24, 2.45) is 5.10 Å². The van der Waals surface area contributed by atoms with Crippen LogP contribution in [0, 0.1) is 12.7 Å². The van der Waals surface area contributed by atoms with E-state index in [1.165, 1.54) is 24.3 Å². The maximum absolute atomic E-state index is 13.2. The van der Waals surface area contributed by atoms with E-state index in [-0.39, 0.29) is 23.0 Å². The Kier molecular flexibility index (Phi) is 6.38. The van der Waals surface area contributed by atoms with E-state index < -0.39 is 11.7 Å². The smallest absolute Gasteiger partial charge is 0.287 e. The Balaban J connectivity index is 1.52. The van der Waals surface area contributed by atoms with Gasteiger partial charge in [-0.3, -0.25) is 9.59 Å². The third-order valence-electron chi connectivity index (χ3n) is 6.46. The van der Waals surface area contributed by atoms with Crippen molar-refractivity contribution < 1.29 is 18.4 Å². The molecule has 1 aliphatic heterocycles. The summed E-state index contributed by atoms with van der Waals surface area (Å²) in [6.07, 6.45) is 3.83. The first-order valence-corrected chi connectivity index (χ1v) is 11.8. The van der Waals surface area contributed by atoms with E-state index in [1.54, 1.807) is 0 Å². The number of carbonyl (C=O) groups excluding carboxylic acids is 2. The van der Waals surface area contributed by atoms with E-state index in [1.807, 2.05) is 6.92 Å². The van der Waals surface area contributed by atoms with E-state index in [2.05, 4.69) is 48.9 Å². The third kappa shape index (κ3) is 5.22. The highest BCUT2D eigenvalue weighted by Crippen LogP contribution is 2.32. The van der Waals surface area contributed by atoms with Gasteiger partial charge in [0.25, 0.3) is 11.8 Å². The van der Waals surface area contributed by atoms with Gasteiger partial charge >= 0.3 is 0 Å². The molecule has 182 valence electrons. The minimum absolute atomic E-state index is 0.0309. The number of amides is 2. The second-order valence-corrected chi connectivity index (χ2v) is 10.7. The maximum atomic E-state index is 13.2. The van der Waals surface area contributed by atoms with Crippen LogP contribution in [0.3, 0.4) is 0 Å². The van der Waals surface area contributed by atoms with Gasteiger partial charge in [-0.25, -0.2) is 9.82 Å². The maximum Gasteiger partial charge on any atom is 0.287 e. The highest BCUT2D eigenvalue weighted by Gasteiger charge is 2.39. The fourth-order valence-corrected chi connectivity index (χ4v) is 5.46. The number of furan rings is 1. The van der Waals surface area contributed by atoms with E-state index in [4.69, 9.17) is 4.42 Å². The van der Waals surface area contributed by atoms with Crippen LogP contribution in [0.25, 0.3) is 0 Å². The largest absolute Gasteiger partial charge is 0.455 e. The molecule has 0 atom stereocenters. The zero-order chi connectivity index (χ0) is 24.7. The van der Waals surface area contributed by atoms with Crippen LogP contribution >= 0.6 is 0 Å². The summed E-state index contributed by atoms with van der Waals surface area (Å²) in [6.45, 7) is 10.4. The molecular weight excluding hydrogens is 435 g/mol. The van der Waals surface area contributed by atoms with Crippen molar-refractivity contribution in [2.75, 3.05) is 0 Å². The lowest BCUT2D eigenvalue weighted by Gasteiger charge is -2.46. The summed E-state index contributed by atoms with van der Waals surface area (Å²) >= 11 is 0. The second kappa shape index (κ2) is 8.98. The second-order valence-electron chi connectivity index (χ2n) is 10.7. The van der Waals surface area contributed by atoms with Gasteiger partial charge in [-0.2, -0.15) is 5.10 Å². The number of fused-ring (bicyclic) bond motifs is 1. The van der Waals surface area contributed by atoms with Gasteiger partial charge in [0.2, 0.25) is 0 Å². The number of benzene rings is 1. The summed E-state index contributed by atoms with van der Waals surface area (Å²) in [4.78, 5) is 25.6. The molecule has 1 aromatic carbocycles. The molecule has 1 saturated heterocycles. The summed E-state index contributed by atoms with van der Waals surface area (Å²) in [5, 5.41) is 11.1. The van der Waals surface area contributed by atoms with Crippen LogP contribution in [0.1, 0.15) is 91.2 Å². The van der Waals surface area contributed by atoms with Crippen molar-refractivity contribution in [2.45, 2.75) is 83.8 Å². The molecule has 2 aliphatic rings. The van der Waals surface area contributed by atoms with Crippen LogP contribution in [-0.2, 0) is 6.42 Å². The molecular formula is C26H33FN4O3. The Bertz CT molecular complexity index is 1120. The molecule has 1 aliphatic carbocycles. The molecule has 0 unspecified atom stereocenters. The normalized spacial score (nSPS) is 20.6. The summed E-state index contributed by atoms with van der Waals surface area (Å²) < 4.78 is 19.1. The Morgan fingerprint density at radius 3 is 2.35 bits per heavy atom. The number of hydrogen-bond donors (Lipinski definition) is 3. The highest BCUT2D eigenvalue weighted by molar-refractivity contribution is 6.07. The van der Waals surface area contributed by atoms with Crippen LogP contribution in [0.5, 0.6) is 0 Å². The van der Waals surface area contributed by atoms with Gasteiger partial charge in [0.1, 0.15) is 11.6 Å². The van der Waals surface area contributed by atoms with Gasteiger partial charge in [0.05, 0.1) is 5.71 Å². The average Bonchev–Trinajstić information content (AvgIpc) is 3.07. The topological polar surface area (TPSA) is 95.7 Å². The number of hydrogen-bond acceptors (Lipinski definition) is 5. The number of nitrogens with one attached hydrogen (secondary N) is 3. The third-order valence-corrected chi connectivity index (χ3v) is 6.46. The summed E-state index contributed by atoms with van der Waals surface area (Å²) in [5.74, 6) is -0.0283. The fourth-order valence-electron chi connectivity index (χ4n) is 5.46. The summed E-state index contributed by atoms with van der Waals surface area (Å²) in [6, 6.07) is 5.31. The first-order valence-electron chi connectivity index (χ1n) is 11.8. The van der Waals surface area contributed by atoms with Crippen molar-refractivity contribution in [3.05, 3.63) is 58.3 Å². The standard InChI is InChI=1S/C26H33FN4O3/c1-15-21-19(29-30-23(32)16-9-11-17(27)12-10-16)7-6-8-20(21)34-22(15)24(33)28-18-13-25(2,3)31-26(4,5)14-18/h9-12,18,31H,6-8,13-14H2,1-5H3,(H,28,33)(H,30,32)/b29-19+. The van der Waals surface area contributed by atoms with Crippen LogP contribution in [-0.4, -0.2) is 34.6 Å².